The van der Waals surface area contributed by atoms with Gasteiger partial charge in [0.05, 0.1) is 7.11 Å². The zero-order valence-electron chi connectivity index (χ0n) is 13.8. The number of anilines is 1. The van der Waals surface area contributed by atoms with Crippen LogP contribution in [0, 0.1) is 0 Å². The van der Waals surface area contributed by atoms with Gasteiger partial charge in [-0.25, -0.2) is 0 Å². The summed E-state index contributed by atoms with van der Waals surface area (Å²) in [7, 11) is 1.38. The fourth-order valence-electron chi connectivity index (χ4n) is 2.50. The summed E-state index contributed by atoms with van der Waals surface area (Å²) >= 11 is 5.20. The molecule has 0 bridgehead atoms. The van der Waals surface area contributed by atoms with Crippen molar-refractivity contribution in [3.8, 4) is 0 Å². The van der Waals surface area contributed by atoms with Crippen molar-refractivity contribution in [1.29, 1.82) is 0 Å². The molecule has 2 N–H and O–H groups in total. The smallest absolute Gasteiger partial charge is 0.305 e. The summed E-state index contributed by atoms with van der Waals surface area (Å²) in [5.41, 5.74) is 2.04. The van der Waals surface area contributed by atoms with E-state index in [0.29, 0.717) is 37.5 Å². The predicted octanol–water partition coefficient (Wildman–Crippen LogP) is 1.73. The molecular weight excluding hydrogens is 326 g/mol. The van der Waals surface area contributed by atoms with Crippen LogP contribution in [0.15, 0.2) is 24.3 Å². The first-order valence-corrected chi connectivity index (χ1v) is 8.49. The number of methoxy groups -OCH3 is 1. The van der Waals surface area contributed by atoms with Gasteiger partial charge in [0, 0.05) is 38.2 Å². The minimum atomic E-state index is -0.216. The number of nitrogens with zero attached hydrogens (tertiary/aromatic N) is 1. The van der Waals surface area contributed by atoms with E-state index in [4.69, 9.17) is 12.2 Å². The second-order valence-corrected chi connectivity index (χ2v) is 6.01. The van der Waals surface area contributed by atoms with Crippen molar-refractivity contribution in [2.45, 2.75) is 32.2 Å². The number of amides is 1. The molecule has 1 aliphatic rings. The van der Waals surface area contributed by atoms with Gasteiger partial charge in [-0.2, -0.15) is 0 Å². The first-order chi connectivity index (χ1) is 11.6. The maximum atomic E-state index is 11.7. The Morgan fingerprint density at radius 1 is 1.29 bits per heavy atom. The molecule has 0 aliphatic carbocycles. The van der Waals surface area contributed by atoms with E-state index in [9.17, 15) is 9.59 Å². The van der Waals surface area contributed by atoms with Gasteiger partial charge < -0.3 is 20.3 Å². The summed E-state index contributed by atoms with van der Waals surface area (Å²) in [6.07, 6.45) is 2.62. The van der Waals surface area contributed by atoms with Gasteiger partial charge in [0.1, 0.15) is 0 Å². The zero-order chi connectivity index (χ0) is 17.4. The van der Waals surface area contributed by atoms with E-state index >= 15 is 0 Å². The van der Waals surface area contributed by atoms with Crippen LogP contribution in [0.3, 0.4) is 0 Å². The standard InChI is InChI=1S/C17H23N3O3S/c1-23-16(22)5-2-10-18-17(24)19-12-13-6-8-14(9-7-13)20-11-3-4-15(20)21/h6-9H,2-5,10-12H2,1H3,(H2,18,19,24). The highest BCUT2D eigenvalue weighted by Gasteiger charge is 2.21. The van der Waals surface area contributed by atoms with Crippen molar-refractivity contribution in [2.24, 2.45) is 0 Å². The summed E-state index contributed by atoms with van der Waals surface area (Å²) in [6, 6.07) is 7.92. The minimum Gasteiger partial charge on any atom is -0.469 e. The molecule has 2 rings (SSSR count). The number of carbonyl (C=O) groups is 2. The van der Waals surface area contributed by atoms with Crippen LogP contribution in [0.4, 0.5) is 5.69 Å². The van der Waals surface area contributed by atoms with E-state index in [2.05, 4.69) is 15.4 Å². The van der Waals surface area contributed by atoms with Crippen LogP contribution in [-0.4, -0.2) is 37.2 Å². The fraction of sp³-hybridized carbons (Fsp3) is 0.471. The Kier molecular flexibility index (Phi) is 6.99. The van der Waals surface area contributed by atoms with Crippen molar-refractivity contribution in [3.05, 3.63) is 29.8 Å². The lowest BCUT2D eigenvalue weighted by Gasteiger charge is -2.16. The quantitative estimate of drug-likeness (QED) is 0.444. The van der Waals surface area contributed by atoms with Crippen LogP contribution >= 0.6 is 12.2 Å². The Bertz CT molecular complexity index is 589. The monoisotopic (exact) mass is 349 g/mol. The maximum absolute atomic E-state index is 11.7. The minimum absolute atomic E-state index is 0.193. The lowest BCUT2D eigenvalue weighted by atomic mass is 10.2. The molecule has 0 atom stereocenters. The van der Waals surface area contributed by atoms with Crippen LogP contribution in [0.5, 0.6) is 0 Å². The normalized spacial score (nSPS) is 13.7. The van der Waals surface area contributed by atoms with Crippen molar-refractivity contribution >= 4 is 34.9 Å². The van der Waals surface area contributed by atoms with E-state index in [1.165, 1.54) is 7.11 Å². The summed E-state index contributed by atoms with van der Waals surface area (Å²) in [5.74, 6) is -0.0227. The third-order valence-electron chi connectivity index (χ3n) is 3.85. The van der Waals surface area contributed by atoms with Gasteiger partial charge in [-0.3, -0.25) is 9.59 Å². The first-order valence-electron chi connectivity index (χ1n) is 8.08. The van der Waals surface area contributed by atoms with Crippen molar-refractivity contribution in [3.63, 3.8) is 0 Å². The van der Waals surface area contributed by atoms with Gasteiger partial charge in [-0.15, -0.1) is 0 Å². The van der Waals surface area contributed by atoms with Crippen LogP contribution in [0.25, 0.3) is 0 Å². The summed E-state index contributed by atoms with van der Waals surface area (Å²) in [5, 5.41) is 6.73. The second kappa shape index (κ2) is 9.22. The Balaban J connectivity index is 1.69. The molecule has 1 fully saturated rings. The van der Waals surface area contributed by atoms with Crippen molar-refractivity contribution < 1.29 is 14.3 Å². The molecule has 0 radical (unpaired) electrons. The van der Waals surface area contributed by atoms with Gasteiger partial charge >= 0.3 is 5.97 Å². The second-order valence-electron chi connectivity index (χ2n) is 5.60. The lowest BCUT2D eigenvalue weighted by molar-refractivity contribution is -0.140. The highest BCUT2D eigenvalue weighted by Crippen LogP contribution is 2.21. The molecule has 0 aromatic heterocycles. The molecule has 1 heterocycles. The summed E-state index contributed by atoms with van der Waals surface area (Å²) < 4.78 is 4.58. The Morgan fingerprint density at radius 2 is 2.04 bits per heavy atom. The first kappa shape index (κ1) is 18.2. The van der Waals surface area contributed by atoms with E-state index in [1.807, 2.05) is 29.2 Å². The highest BCUT2D eigenvalue weighted by atomic mass is 32.1. The predicted molar refractivity (Wildman–Crippen MR) is 96.7 cm³/mol. The van der Waals surface area contributed by atoms with Crippen molar-refractivity contribution in [1.82, 2.24) is 10.6 Å². The van der Waals surface area contributed by atoms with E-state index in [1.54, 1.807) is 0 Å². The SMILES string of the molecule is COC(=O)CCCNC(=S)NCc1ccc(N2CCCC2=O)cc1. The molecule has 0 unspecified atom stereocenters. The molecule has 1 aromatic rings. The molecule has 1 aliphatic heterocycles. The largest absolute Gasteiger partial charge is 0.469 e. The zero-order valence-corrected chi connectivity index (χ0v) is 14.7. The van der Waals surface area contributed by atoms with Gasteiger partial charge in [-0.1, -0.05) is 12.1 Å². The molecule has 6 nitrogen and oxygen atoms in total. The van der Waals surface area contributed by atoms with Crippen LogP contribution in [-0.2, 0) is 20.9 Å². The number of carbonyl (C=O) groups excluding carboxylic acids is 2. The van der Waals surface area contributed by atoms with E-state index in [0.717, 1.165) is 24.2 Å². The van der Waals surface area contributed by atoms with Gasteiger partial charge in [0.25, 0.3) is 0 Å². The number of rotatable bonds is 7. The number of esters is 1. The Hall–Kier alpha value is -2.15. The summed E-state index contributed by atoms with van der Waals surface area (Å²) in [6.45, 7) is 2.03. The third-order valence-corrected chi connectivity index (χ3v) is 4.13. The van der Waals surface area contributed by atoms with Crippen LogP contribution in [0.2, 0.25) is 0 Å². The number of nitrogens with one attached hydrogen (secondary N) is 2. The van der Waals surface area contributed by atoms with Gasteiger partial charge in [0.15, 0.2) is 5.11 Å². The lowest BCUT2D eigenvalue weighted by Crippen LogP contribution is -2.35. The van der Waals surface area contributed by atoms with E-state index < -0.39 is 0 Å². The molecule has 0 saturated carbocycles. The molecule has 7 heteroatoms. The Labute approximate surface area is 147 Å². The molecule has 1 aromatic carbocycles. The Morgan fingerprint density at radius 3 is 2.67 bits per heavy atom. The highest BCUT2D eigenvalue weighted by molar-refractivity contribution is 7.80. The number of ether oxygens (including phenoxy) is 1. The average Bonchev–Trinajstić information content (AvgIpc) is 3.03. The number of thiocarbonyl (C=S) groups is 1. The number of hydrogen-bond donors (Lipinski definition) is 2. The van der Waals surface area contributed by atoms with E-state index in [-0.39, 0.29) is 11.9 Å². The van der Waals surface area contributed by atoms with Crippen LogP contribution < -0.4 is 15.5 Å². The molecule has 0 spiro atoms. The fourth-order valence-corrected chi connectivity index (χ4v) is 2.67. The van der Waals surface area contributed by atoms with Crippen molar-refractivity contribution in [2.75, 3.05) is 25.1 Å². The molecular formula is C17H23N3O3S. The van der Waals surface area contributed by atoms with Gasteiger partial charge in [0.2, 0.25) is 5.91 Å². The molecule has 1 saturated heterocycles. The average molecular weight is 349 g/mol. The maximum Gasteiger partial charge on any atom is 0.305 e. The summed E-state index contributed by atoms with van der Waals surface area (Å²) in [4.78, 5) is 24.5. The van der Waals surface area contributed by atoms with Crippen LogP contribution in [0.1, 0.15) is 31.2 Å². The molecule has 24 heavy (non-hydrogen) atoms. The molecule has 130 valence electrons. The number of benzene rings is 1. The number of hydrogen-bond acceptors (Lipinski definition) is 4. The molecule has 1 amide bonds. The topological polar surface area (TPSA) is 70.7 Å². The van der Waals surface area contributed by atoms with Gasteiger partial charge in [-0.05, 0) is 42.8 Å². The third kappa shape index (κ3) is 5.49.